The standard InChI is InChI=1S/C21H12Cl2F3N3O/c22-15-8-6-12(7-9-15)17-19(28-20(30)13-4-2-1-3-5-13)29-11-14(21(24,25)26)10-16(23)18(29)27-17/h1-11H,(H,28,30). The van der Waals surface area contributed by atoms with Crippen LogP contribution in [0.2, 0.25) is 10.0 Å². The van der Waals surface area contributed by atoms with Gasteiger partial charge in [0.05, 0.1) is 10.6 Å². The number of amides is 1. The van der Waals surface area contributed by atoms with Crippen LogP contribution in [-0.2, 0) is 6.18 Å². The molecule has 0 radical (unpaired) electrons. The molecule has 0 bridgehead atoms. The van der Waals surface area contributed by atoms with E-state index in [1.807, 2.05) is 0 Å². The number of carbonyl (C=O) groups is 1. The summed E-state index contributed by atoms with van der Waals surface area (Å²) in [5.41, 5.74) is 0.272. The van der Waals surface area contributed by atoms with Crippen LogP contribution in [0.3, 0.4) is 0 Å². The summed E-state index contributed by atoms with van der Waals surface area (Å²) in [7, 11) is 0. The first-order chi connectivity index (χ1) is 14.2. The molecule has 2 aromatic heterocycles. The molecule has 0 aliphatic carbocycles. The molecular weight excluding hydrogens is 438 g/mol. The molecule has 2 heterocycles. The average Bonchev–Trinajstić information content (AvgIpc) is 3.07. The molecule has 4 aromatic rings. The Kier molecular flexibility index (Phi) is 5.17. The zero-order valence-electron chi connectivity index (χ0n) is 15.0. The van der Waals surface area contributed by atoms with E-state index in [0.717, 1.165) is 16.7 Å². The van der Waals surface area contributed by atoms with Gasteiger partial charge in [-0.25, -0.2) is 4.98 Å². The lowest BCUT2D eigenvalue weighted by Crippen LogP contribution is -2.14. The second-order valence-corrected chi connectivity index (χ2v) is 7.25. The maximum atomic E-state index is 13.3. The maximum Gasteiger partial charge on any atom is 0.417 e. The van der Waals surface area contributed by atoms with E-state index in [9.17, 15) is 18.0 Å². The fraction of sp³-hybridized carbons (Fsp3) is 0.0476. The van der Waals surface area contributed by atoms with Gasteiger partial charge in [-0.05, 0) is 30.3 Å². The van der Waals surface area contributed by atoms with Crippen LogP contribution in [0.4, 0.5) is 19.0 Å². The molecule has 1 amide bonds. The van der Waals surface area contributed by atoms with E-state index in [1.165, 1.54) is 0 Å². The highest BCUT2D eigenvalue weighted by molar-refractivity contribution is 6.33. The largest absolute Gasteiger partial charge is 0.417 e. The lowest BCUT2D eigenvalue weighted by atomic mass is 10.1. The van der Waals surface area contributed by atoms with E-state index in [-0.39, 0.29) is 22.2 Å². The van der Waals surface area contributed by atoms with Gasteiger partial charge in [-0.1, -0.05) is 53.5 Å². The molecule has 152 valence electrons. The Morgan fingerprint density at radius 2 is 1.67 bits per heavy atom. The van der Waals surface area contributed by atoms with E-state index in [1.54, 1.807) is 54.6 Å². The van der Waals surface area contributed by atoms with Gasteiger partial charge in [0.15, 0.2) is 5.65 Å². The quantitative estimate of drug-likeness (QED) is 0.383. The van der Waals surface area contributed by atoms with E-state index in [0.29, 0.717) is 16.1 Å². The molecule has 0 aliphatic heterocycles. The molecule has 0 unspecified atom stereocenters. The van der Waals surface area contributed by atoms with Crippen LogP contribution in [0, 0.1) is 0 Å². The van der Waals surface area contributed by atoms with E-state index < -0.39 is 17.6 Å². The number of imidazole rings is 1. The van der Waals surface area contributed by atoms with E-state index in [4.69, 9.17) is 23.2 Å². The third-order valence-corrected chi connectivity index (χ3v) is 4.92. The third-order valence-electron chi connectivity index (χ3n) is 4.39. The number of fused-ring (bicyclic) bond motifs is 1. The number of alkyl halides is 3. The monoisotopic (exact) mass is 449 g/mol. The lowest BCUT2D eigenvalue weighted by molar-refractivity contribution is -0.137. The molecule has 4 rings (SSSR count). The van der Waals surface area contributed by atoms with Gasteiger partial charge in [0.1, 0.15) is 11.5 Å². The first-order valence-corrected chi connectivity index (χ1v) is 9.41. The number of nitrogens with zero attached hydrogens (tertiary/aromatic N) is 2. The number of rotatable bonds is 3. The Bertz CT molecular complexity index is 1240. The molecule has 2 aromatic carbocycles. The van der Waals surface area contributed by atoms with Crippen molar-refractivity contribution in [2.24, 2.45) is 0 Å². The van der Waals surface area contributed by atoms with Crippen molar-refractivity contribution >= 4 is 40.6 Å². The molecule has 1 N–H and O–H groups in total. The van der Waals surface area contributed by atoms with Crippen molar-refractivity contribution in [3.05, 3.63) is 88.0 Å². The summed E-state index contributed by atoms with van der Waals surface area (Å²) in [4.78, 5) is 17.1. The highest BCUT2D eigenvalue weighted by Gasteiger charge is 2.33. The number of nitrogens with one attached hydrogen (secondary N) is 1. The number of anilines is 1. The minimum Gasteiger partial charge on any atom is -0.306 e. The molecule has 0 saturated heterocycles. The second kappa shape index (κ2) is 7.66. The summed E-state index contributed by atoms with van der Waals surface area (Å²) in [6.45, 7) is 0. The number of halogens is 5. The fourth-order valence-electron chi connectivity index (χ4n) is 2.96. The van der Waals surface area contributed by atoms with Crippen LogP contribution in [0.25, 0.3) is 16.9 Å². The molecule has 30 heavy (non-hydrogen) atoms. The number of pyridine rings is 1. The first-order valence-electron chi connectivity index (χ1n) is 8.65. The number of aromatic nitrogens is 2. The van der Waals surface area contributed by atoms with Crippen LogP contribution in [-0.4, -0.2) is 15.3 Å². The molecule has 9 heteroatoms. The second-order valence-electron chi connectivity index (χ2n) is 6.40. The van der Waals surface area contributed by atoms with Crippen molar-refractivity contribution in [1.29, 1.82) is 0 Å². The van der Waals surface area contributed by atoms with Crippen LogP contribution < -0.4 is 5.32 Å². The molecule has 0 saturated carbocycles. The topological polar surface area (TPSA) is 46.4 Å². The zero-order chi connectivity index (χ0) is 21.5. The summed E-state index contributed by atoms with van der Waals surface area (Å²) >= 11 is 12.0. The van der Waals surface area contributed by atoms with Crippen molar-refractivity contribution in [3.63, 3.8) is 0 Å². The summed E-state index contributed by atoms with van der Waals surface area (Å²) < 4.78 is 41.1. The average molecular weight is 450 g/mol. The Morgan fingerprint density at radius 1 is 1.00 bits per heavy atom. The zero-order valence-corrected chi connectivity index (χ0v) is 16.6. The molecular formula is C21H12Cl2F3N3O. The van der Waals surface area contributed by atoms with E-state index in [2.05, 4.69) is 10.3 Å². The SMILES string of the molecule is O=C(Nc1c(-c2ccc(Cl)cc2)nc2c(Cl)cc(C(F)(F)F)cn12)c1ccccc1. The lowest BCUT2D eigenvalue weighted by Gasteiger charge is -2.11. The summed E-state index contributed by atoms with van der Waals surface area (Å²) in [5.74, 6) is -0.435. The Hall–Kier alpha value is -3.03. The normalized spacial score (nSPS) is 11.6. The number of benzene rings is 2. The van der Waals surface area contributed by atoms with Gasteiger partial charge in [-0.2, -0.15) is 13.2 Å². The van der Waals surface area contributed by atoms with Crippen molar-refractivity contribution in [2.45, 2.75) is 6.18 Å². The highest BCUT2D eigenvalue weighted by Crippen LogP contribution is 2.37. The Morgan fingerprint density at radius 3 is 2.30 bits per heavy atom. The predicted octanol–water partition coefficient (Wildman–Crippen LogP) is 6.58. The van der Waals surface area contributed by atoms with Crippen molar-refractivity contribution < 1.29 is 18.0 Å². The van der Waals surface area contributed by atoms with Gasteiger partial charge in [-0.3, -0.25) is 9.20 Å². The van der Waals surface area contributed by atoms with Gasteiger partial charge < -0.3 is 5.32 Å². The number of hydrogen-bond acceptors (Lipinski definition) is 2. The predicted molar refractivity (Wildman–Crippen MR) is 110 cm³/mol. The van der Waals surface area contributed by atoms with Crippen LogP contribution >= 0.6 is 23.2 Å². The molecule has 0 atom stereocenters. The maximum absolute atomic E-state index is 13.3. The molecule has 0 fully saturated rings. The van der Waals surface area contributed by atoms with Crippen molar-refractivity contribution in [1.82, 2.24) is 9.38 Å². The van der Waals surface area contributed by atoms with Crippen molar-refractivity contribution in [2.75, 3.05) is 5.32 Å². The summed E-state index contributed by atoms with van der Waals surface area (Å²) in [5, 5.41) is 2.96. The molecule has 0 spiro atoms. The summed E-state index contributed by atoms with van der Waals surface area (Å²) in [6.07, 6.45) is -3.77. The van der Waals surface area contributed by atoms with Crippen LogP contribution in [0.15, 0.2) is 66.9 Å². The number of hydrogen-bond donors (Lipinski definition) is 1. The van der Waals surface area contributed by atoms with Crippen molar-refractivity contribution in [3.8, 4) is 11.3 Å². The minimum absolute atomic E-state index is 0.0641. The number of carbonyl (C=O) groups excluding carboxylic acids is 1. The van der Waals surface area contributed by atoms with Crippen LogP contribution in [0.1, 0.15) is 15.9 Å². The fourth-order valence-corrected chi connectivity index (χ4v) is 3.33. The third kappa shape index (κ3) is 3.86. The Balaban J connectivity index is 1.93. The first kappa shape index (κ1) is 20.3. The Labute approximate surface area is 178 Å². The molecule has 0 aliphatic rings. The van der Waals surface area contributed by atoms with Gasteiger partial charge >= 0.3 is 6.18 Å². The van der Waals surface area contributed by atoms with Gasteiger partial charge in [-0.15, -0.1) is 0 Å². The van der Waals surface area contributed by atoms with Crippen LogP contribution in [0.5, 0.6) is 0 Å². The summed E-state index contributed by atoms with van der Waals surface area (Å²) in [6, 6.07) is 15.6. The smallest absolute Gasteiger partial charge is 0.306 e. The van der Waals surface area contributed by atoms with E-state index >= 15 is 0 Å². The minimum atomic E-state index is -4.62. The van der Waals surface area contributed by atoms with Gasteiger partial charge in [0.25, 0.3) is 5.91 Å². The van der Waals surface area contributed by atoms with Gasteiger partial charge in [0, 0.05) is 22.3 Å². The molecule has 4 nitrogen and oxygen atoms in total. The van der Waals surface area contributed by atoms with Gasteiger partial charge in [0.2, 0.25) is 0 Å². The highest BCUT2D eigenvalue weighted by atomic mass is 35.5.